The molecule has 194 valence electrons. The van der Waals surface area contributed by atoms with E-state index < -0.39 is 12.0 Å². The van der Waals surface area contributed by atoms with Crippen LogP contribution in [-0.2, 0) is 9.53 Å². The quantitative estimate of drug-likeness (QED) is 0.457. The maximum Gasteiger partial charge on any atom is 0.338 e. The second kappa shape index (κ2) is 11.0. The first kappa shape index (κ1) is 26.2. The predicted octanol–water partition coefficient (Wildman–Crippen LogP) is 3.36. The third-order valence-electron chi connectivity index (χ3n) is 6.36. The minimum atomic E-state index is -0.730. The molecule has 0 bridgehead atoms. The van der Waals surface area contributed by atoms with E-state index in [4.69, 9.17) is 9.47 Å². The lowest BCUT2D eigenvalue weighted by molar-refractivity contribution is -0.139. The highest BCUT2D eigenvalue weighted by atomic mass is 32.1. The first-order chi connectivity index (χ1) is 17.8. The van der Waals surface area contributed by atoms with Crippen LogP contribution in [0.25, 0.3) is 6.08 Å². The number of anilines is 1. The van der Waals surface area contributed by atoms with Gasteiger partial charge in [0, 0.05) is 30.4 Å². The third kappa shape index (κ3) is 5.04. The number of ether oxygens (including phenoxy) is 2. The van der Waals surface area contributed by atoms with Crippen LogP contribution in [0.15, 0.2) is 63.5 Å². The summed E-state index contributed by atoms with van der Waals surface area (Å²) in [6, 6.07) is 12.0. The third-order valence-corrected chi connectivity index (χ3v) is 7.34. The Hall–Kier alpha value is -3.85. The molecule has 8 nitrogen and oxygen atoms in total. The van der Waals surface area contributed by atoms with Gasteiger partial charge in [-0.05, 0) is 63.6 Å². The second-order valence-electron chi connectivity index (χ2n) is 8.49. The molecule has 0 unspecified atom stereocenters. The van der Waals surface area contributed by atoms with Crippen molar-refractivity contribution >= 4 is 29.1 Å². The van der Waals surface area contributed by atoms with Crippen LogP contribution in [0.2, 0.25) is 0 Å². The van der Waals surface area contributed by atoms with Crippen LogP contribution in [0, 0.1) is 0 Å². The number of thiazole rings is 1. The average Bonchev–Trinajstić information content (AvgIpc) is 3.19. The van der Waals surface area contributed by atoms with Gasteiger partial charge in [0.15, 0.2) is 4.80 Å². The number of aromatic hydroxyl groups is 1. The van der Waals surface area contributed by atoms with E-state index in [2.05, 4.69) is 23.7 Å². The Labute approximate surface area is 219 Å². The highest BCUT2D eigenvalue weighted by Gasteiger charge is 2.33. The molecule has 0 fully saturated rings. The molecule has 9 heteroatoms. The largest absolute Gasteiger partial charge is 0.507 e. The van der Waals surface area contributed by atoms with Crippen molar-refractivity contribution in [1.82, 2.24) is 4.57 Å². The van der Waals surface area contributed by atoms with E-state index in [0.29, 0.717) is 37.5 Å². The molecule has 3 aromatic rings. The monoisotopic (exact) mass is 521 g/mol. The van der Waals surface area contributed by atoms with Gasteiger partial charge in [0.1, 0.15) is 11.5 Å². The van der Waals surface area contributed by atoms with Crippen molar-refractivity contribution < 1.29 is 19.4 Å². The van der Waals surface area contributed by atoms with Crippen LogP contribution in [-0.4, -0.2) is 42.4 Å². The fourth-order valence-electron chi connectivity index (χ4n) is 4.50. The Morgan fingerprint density at radius 3 is 2.59 bits per heavy atom. The smallest absolute Gasteiger partial charge is 0.338 e. The minimum absolute atomic E-state index is 0.0861. The van der Waals surface area contributed by atoms with Crippen LogP contribution in [0.3, 0.4) is 0 Å². The van der Waals surface area contributed by atoms with Gasteiger partial charge in [-0.25, -0.2) is 9.79 Å². The second-order valence-corrected chi connectivity index (χ2v) is 9.50. The molecule has 1 aliphatic rings. The molecule has 1 aromatic heterocycles. The average molecular weight is 522 g/mol. The number of rotatable bonds is 8. The van der Waals surface area contributed by atoms with Gasteiger partial charge < -0.3 is 19.5 Å². The summed E-state index contributed by atoms with van der Waals surface area (Å²) in [4.78, 5) is 34.0. The summed E-state index contributed by atoms with van der Waals surface area (Å²) in [6.07, 6.45) is 1.66. The topological polar surface area (TPSA) is 93.4 Å². The molecule has 1 aliphatic heterocycles. The first-order valence-corrected chi connectivity index (χ1v) is 13.1. The van der Waals surface area contributed by atoms with Gasteiger partial charge in [-0.1, -0.05) is 23.5 Å². The molecule has 37 heavy (non-hydrogen) atoms. The van der Waals surface area contributed by atoms with Crippen LogP contribution in [0.5, 0.6) is 11.5 Å². The van der Waals surface area contributed by atoms with Gasteiger partial charge in [0.05, 0.1) is 35.6 Å². The molecule has 0 saturated carbocycles. The fraction of sp³-hybridized carbons (Fsp3) is 0.321. The number of aromatic nitrogens is 1. The molecular formula is C28H31N3O5S. The molecule has 4 rings (SSSR count). The summed E-state index contributed by atoms with van der Waals surface area (Å²) in [7, 11) is 1.57. The maximum atomic E-state index is 13.8. The summed E-state index contributed by atoms with van der Waals surface area (Å²) < 4.78 is 12.7. The summed E-state index contributed by atoms with van der Waals surface area (Å²) in [5.74, 6) is 0.175. The Kier molecular flexibility index (Phi) is 7.83. The van der Waals surface area contributed by atoms with Crippen LogP contribution in [0.4, 0.5) is 5.69 Å². The van der Waals surface area contributed by atoms with Crippen LogP contribution < -0.4 is 24.5 Å². The van der Waals surface area contributed by atoms with Gasteiger partial charge in [-0.15, -0.1) is 0 Å². The molecule has 0 radical (unpaired) electrons. The Balaban J connectivity index is 1.90. The molecule has 0 saturated heterocycles. The molecule has 2 aromatic carbocycles. The van der Waals surface area contributed by atoms with Crippen LogP contribution >= 0.6 is 11.3 Å². The standard InChI is InChI=1S/C28H31N3O5S/c1-6-30(7-2)20-13-12-18(22(32)16-20)15-23-26(33)31-25(19-10-9-11-21(14-19)35-5)24(27(34)36-8-3)17(4)29-28(31)37-23/h9-16,25,32H,6-8H2,1-5H3/b23-15+/t25-/m1/s1. The highest BCUT2D eigenvalue weighted by molar-refractivity contribution is 7.07. The number of nitrogens with zero attached hydrogens (tertiary/aromatic N) is 3. The van der Waals surface area contributed by atoms with Gasteiger partial charge in [0.25, 0.3) is 5.56 Å². The number of benzene rings is 2. The van der Waals surface area contributed by atoms with Gasteiger partial charge in [-0.3, -0.25) is 9.36 Å². The lowest BCUT2D eigenvalue weighted by Crippen LogP contribution is -2.39. The Bertz CT molecular complexity index is 1530. The SMILES string of the molecule is CCOC(=O)C1=C(C)N=c2s/c(=C/c3ccc(N(CC)CC)cc3O)c(=O)n2[C@@H]1c1cccc(OC)c1. The highest BCUT2D eigenvalue weighted by Crippen LogP contribution is 2.32. The van der Waals surface area contributed by atoms with Crippen molar-refractivity contribution in [3.63, 3.8) is 0 Å². The summed E-state index contributed by atoms with van der Waals surface area (Å²) in [5.41, 5.74) is 2.63. The van der Waals surface area contributed by atoms with Gasteiger partial charge >= 0.3 is 5.97 Å². The molecule has 0 aliphatic carbocycles. The Morgan fingerprint density at radius 1 is 1.19 bits per heavy atom. The van der Waals surface area contributed by atoms with Crippen molar-refractivity contribution in [3.8, 4) is 11.5 Å². The van der Waals surface area contributed by atoms with E-state index in [1.807, 2.05) is 18.2 Å². The number of esters is 1. The van der Waals surface area contributed by atoms with Crippen LogP contribution in [0.1, 0.15) is 44.9 Å². The lowest BCUT2D eigenvalue weighted by Gasteiger charge is -2.25. The fourth-order valence-corrected chi connectivity index (χ4v) is 5.54. The van der Waals surface area contributed by atoms with E-state index in [9.17, 15) is 14.7 Å². The van der Waals surface area contributed by atoms with Crippen molar-refractivity contribution in [1.29, 1.82) is 0 Å². The van der Waals surface area contributed by atoms with Crippen molar-refractivity contribution in [2.75, 3.05) is 31.7 Å². The number of carbonyl (C=O) groups is 1. The number of carbonyl (C=O) groups excluding carboxylic acids is 1. The number of hydrogen-bond donors (Lipinski definition) is 1. The van der Waals surface area contributed by atoms with E-state index in [1.165, 1.54) is 15.9 Å². The predicted molar refractivity (Wildman–Crippen MR) is 145 cm³/mol. The normalized spacial score (nSPS) is 15.3. The molecule has 2 heterocycles. The number of allylic oxidation sites excluding steroid dienone is 1. The molecular weight excluding hydrogens is 490 g/mol. The summed E-state index contributed by atoms with van der Waals surface area (Å²) in [6.45, 7) is 9.44. The van der Waals surface area contributed by atoms with Gasteiger partial charge in [-0.2, -0.15) is 0 Å². The number of phenolic OH excluding ortho intramolecular Hbond substituents is 1. The van der Waals surface area contributed by atoms with Gasteiger partial charge in [0.2, 0.25) is 0 Å². The molecule has 1 atom stereocenters. The summed E-state index contributed by atoms with van der Waals surface area (Å²) in [5, 5.41) is 10.7. The molecule has 1 N–H and O–H groups in total. The zero-order valence-electron chi connectivity index (χ0n) is 21.6. The zero-order valence-corrected chi connectivity index (χ0v) is 22.5. The van der Waals surface area contributed by atoms with E-state index in [0.717, 1.165) is 18.8 Å². The number of fused-ring (bicyclic) bond motifs is 1. The van der Waals surface area contributed by atoms with Crippen molar-refractivity contribution in [2.45, 2.75) is 33.7 Å². The summed E-state index contributed by atoms with van der Waals surface area (Å²) >= 11 is 1.21. The number of hydrogen-bond acceptors (Lipinski definition) is 8. The molecule has 0 amide bonds. The zero-order chi connectivity index (χ0) is 26.7. The Morgan fingerprint density at radius 2 is 1.95 bits per heavy atom. The van der Waals surface area contributed by atoms with E-state index in [1.54, 1.807) is 51.3 Å². The van der Waals surface area contributed by atoms with Crippen molar-refractivity contribution in [3.05, 3.63) is 84.5 Å². The van der Waals surface area contributed by atoms with Crippen molar-refractivity contribution in [2.24, 2.45) is 4.99 Å². The maximum absolute atomic E-state index is 13.8. The lowest BCUT2D eigenvalue weighted by atomic mass is 9.95. The van der Waals surface area contributed by atoms with E-state index >= 15 is 0 Å². The van der Waals surface area contributed by atoms with E-state index in [-0.39, 0.29) is 17.9 Å². The number of phenols is 1. The minimum Gasteiger partial charge on any atom is -0.507 e. The molecule has 0 spiro atoms. The number of methoxy groups -OCH3 is 1. The first-order valence-electron chi connectivity index (χ1n) is 12.2.